The number of nitrogens with zero attached hydrogens (tertiary/aromatic N) is 3. The number of aliphatic hydroxyl groups is 2. The summed E-state index contributed by atoms with van der Waals surface area (Å²) in [6, 6.07) is 7.64. The molecule has 3 heterocycles. The first-order valence-corrected chi connectivity index (χ1v) is 9.49. The van der Waals surface area contributed by atoms with Crippen molar-refractivity contribution in [2.75, 3.05) is 11.5 Å². The SMILES string of the molecule is Cc1cccc(SC[C@@H]2N[C@H](C3C=Nc4c(N)ncnc43)[C@@H](O)[C@H]2O)c1. The van der Waals surface area contributed by atoms with Crippen molar-refractivity contribution in [2.24, 2.45) is 4.99 Å². The second-order valence-corrected chi connectivity index (χ2v) is 7.80. The van der Waals surface area contributed by atoms with Crippen molar-refractivity contribution in [3.63, 3.8) is 0 Å². The van der Waals surface area contributed by atoms with Gasteiger partial charge in [-0.25, -0.2) is 9.97 Å². The zero-order valence-electron chi connectivity index (χ0n) is 14.3. The number of hydrogen-bond acceptors (Lipinski definition) is 8. The summed E-state index contributed by atoms with van der Waals surface area (Å²) in [6.07, 6.45) is 1.36. The van der Waals surface area contributed by atoms with Crippen LogP contribution in [-0.2, 0) is 0 Å². The molecule has 26 heavy (non-hydrogen) atoms. The molecule has 2 aliphatic rings. The van der Waals surface area contributed by atoms with Crippen molar-refractivity contribution >= 4 is 29.5 Å². The number of hydrogen-bond donors (Lipinski definition) is 4. The van der Waals surface area contributed by atoms with Crippen LogP contribution in [0.5, 0.6) is 0 Å². The van der Waals surface area contributed by atoms with Gasteiger partial charge in [-0.05, 0) is 19.1 Å². The fourth-order valence-electron chi connectivity index (χ4n) is 3.52. The summed E-state index contributed by atoms with van der Waals surface area (Å²) in [6.45, 7) is 2.05. The molecule has 1 aromatic heterocycles. The van der Waals surface area contributed by atoms with Crippen LogP contribution >= 0.6 is 11.8 Å². The minimum atomic E-state index is -0.906. The van der Waals surface area contributed by atoms with E-state index in [0.717, 1.165) is 4.90 Å². The maximum Gasteiger partial charge on any atom is 0.153 e. The van der Waals surface area contributed by atoms with E-state index in [9.17, 15) is 10.2 Å². The molecule has 5 N–H and O–H groups in total. The molecule has 0 bridgehead atoms. The van der Waals surface area contributed by atoms with Gasteiger partial charge in [-0.2, -0.15) is 0 Å². The van der Waals surface area contributed by atoms with Crippen LogP contribution in [0, 0.1) is 6.92 Å². The van der Waals surface area contributed by atoms with Crippen LogP contribution < -0.4 is 11.1 Å². The zero-order valence-corrected chi connectivity index (χ0v) is 15.1. The Balaban J connectivity index is 1.47. The molecule has 1 unspecified atom stereocenters. The number of rotatable bonds is 4. The second kappa shape index (κ2) is 6.96. The molecule has 0 saturated carbocycles. The van der Waals surface area contributed by atoms with Crippen LogP contribution in [0.4, 0.5) is 11.5 Å². The van der Waals surface area contributed by atoms with Crippen molar-refractivity contribution in [3.8, 4) is 0 Å². The normalized spacial score (nSPS) is 29.9. The van der Waals surface area contributed by atoms with Gasteiger partial charge in [-0.3, -0.25) is 4.99 Å². The van der Waals surface area contributed by atoms with E-state index in [4.69, 9.17) is 5.73 Å². The van der Waals surface area contributed by atoms with Gasteiger partial charge < -0.3 is 21.3 Å². The summed E-state index contributed by atoms with van der Waals surface area (Å²) < 4.78 is 0. The summed E-state index contributed by atoms with van der Waals surface area (Å²) in [7, 11) is 0. The quantitative estimate of drug-likeness (QED) is 0.593. The Morgan fingerprint density at radius 2 is 2.08 bits per heavy atom. The van der Waals surface area contributed by atoms with Crippen LogP contribution in [0.3, 0.4) is 0 Å². The van der Waals surface area contributed by atoms with E-state index in [1.807, 2.05) is 12.1 Å². The third-order valence-electron chi connectivity index (χ3n) is 4.90. The van der Waals surface area contributed by atoms with E-state index < -0.39 is 12.2 Å². The van der Waals surface area contributed by atoms with Crippen molar-refractivity contribution in [1.29, 1.82) is 0 Å². The Kier molecular flexibility index (Phi) is 4.66. The van der Waals surface area contributed by atoms with Gasteiger partial charge in [0.2, 0.25) is 0 Å². The predicted molar refractivity (Wildman–Crippen MR) is 102 cm³/mol. The highest BCUT2D eigenvalue weighted by atomic mass is 32.2. The largest absolute Gasteiger partial charge is 0.389 e. The van der Waals surface area contributed by atoms with Gasteiger partial charge in [0.05, 0.1) is 23.8 Å². The summed E-state index contributed by atoms with van der Waals surface area (Å²) in [5.41, 5.74) is 8.29. The van der Waals surface area contributed by atoms with E-state index in [1.165, 1.54) is 11.9 Å². The van der Waals surface area contributed by atoms with E-state index in [0.29, 0.717) is 23.0 Å². The maximum absolute atomic E-state index is 10.6. The molecule has 4 rings (SSSR count). The lowest BCUT2D eigenvalue weighted by Gasteiger charge is -2.21. The van der Waals surface area contributed by atoms with Crippen molar-refractivity contribution in [2.45, 2.75) is 42.0 Å². The van der Waals surface area contributed by atoms with Gasteiger partial charge in [0, 0.05) is 28.9 Å². The molecule has 1 fully saturated rings. The van der Waals surface area contributed by atoms with Crippen molar-refractivity contribution < 1.29 is 10.2 Å². The number of aliphatic hydroxyl groups excluding tert-OH is 2. The molecule has 0 aliphatic carbocycles. The minimum absolute atomic E-state index is 0.225. The molecular weight excluding hydrogens is 350 g/mol. The molecule has 0 radical (unpaired) electrons. The monoisotopic (exact) mass is 371 g/mol. The Hall–Kier alpha value is -2.00. The lowest BCUT2D eigenvalue weighted by Crippen LogP contribution is -2.39. The van der Waals surface area contributed by atoms with Gasteiger partial charge in [0.1, 0.15) is 12.0 Å². The number of nitrogens with one attached hydrogen (secondary N) is 1. The van der Waals surface area contributed by atoms with Gasteiger partial charge in [-0.15, -0.1) is 11.8 Å². The van der Waals surface area contributed by atoms with Gasteiger partial charge >= 0.3 is 0 Å². The Morgan fingerprint density at radius 1 is 1.23 bits per heavy atom. The number of aryl methyl sites for hydroxylation is 1. The Labute approximate surface area is 155 Å². The fraction of sp³-hybridized carbons (Fsp3) is 0.389. The molecule has 0 amide bonds. The Morgan fingerprint density at radius 3 is 2.88 bits per heavy atom. The fourth-order valence-corrected chi connectivity index (χ4v) is 4.63. The summed E-state index contributed by atoms with van der Waals surface area (Å²) >= 11 is 1.66. The number of nitrogen functional groups attached to an aromatic ring is 1. The van der Waals surface area contributed by atoms with Crippen LogP contribution in [0.2, 0.25) is 0 Å². The van der Waals surface area contributed by atoms with Crippen LogP contribution in [0.1, 0.15) is 17.2 Å². The number of anilines is 1. The minimum Gasteiger partial charge on any atom is -0.389 e. The highest BCUT2D eigenvalue weighted by molar-refractivity contribution is 7.99. The zero-order chi connectivity index (χ0) is 18.3. The Bertz CT molecular complexity index is 846. The van der Waals surface area contributed by atoms with Gasteiger partial charge in [-0.1, -0.05) is 17.7 Å². The smallest absolute Gasteiger partial charge is 0.153 e. The summed E-state index contributed by atoms with van der Waals surface area (Å²) in [4.78, 5) is 13.7. The van der Waals surface area contributed by atoms with Gasteiger partial charge in [0.15, 0.2) is 5.82 Å². The standard InChI is InChI=1S/C18H21N5O2S/c1-9-3-2-4-10(5-9)26-7-12-16(24)17(25)14(23-12)11-6-20-15-13(11)21-8-22-18(15)19/h2-6,8,11-12,14,16-17,23-25H,7H2,1H3,(H2,19,21,22)/t11?,12-,14+,16-,17+/m0/s1. The summed E-state index contributed by atoms with van der Waals surface area (Å²) in [5.74, 6) is 0.739. The van der Waals surface area contributed by atoms with Crippen molar-refractivity contribution in [3.05, 3.63) is 41.9 Å². The maximum atomic E-state index is 10.6. The molecule has 2 aliphatic heterocycles. The number of benzene rings is 1. The van der Waals surface area contributed by atoms with Crippen LogP contribution in [0.25, 0.3) is 0 Å². The van der Waals surface area contributed by atoms with E-state index in [2.05, 4.69) is 39.3 Å². The average Bonchev–Trinajstić information content (AvgIpc) is 3.17. The first kappa shape index (κ1) is 17.4. The predicted octanol–water partition coefficient (Wildman–Crippen LogP) is 1.02. The lowest BCUT2D eigenvalue weighted by atomic mass is 9.94. The molecule has 1 aromatic carbocycles. The molecule has 2 aromatic rings. The number of nitrogens with two attached hydrogens (primary N) is 1. The van der Waals surface area contributed by atoms with Crippen molar-refractivity contribution in [1.82, 2.24) is 15.3 Å². The highest BCUT2D eigenvalue weighted by Gasteiger charge is 2.46. The third-order valence-corrected chi connectivity index (χ3v) is 6.01. The lowest BCUT2D eigenvalue weighted by molar-refractivity contribution is 0.0299. The van der Waals surface area contributed by atoms with E-state index in [-0.39, 0.29) is 18.0 Å². The molecule has 0 spiro atoms. The molecule has 8 heteroatoms. The third kappa shape index (κ3) is 3.09. The number of aromatic nitrogens is 2. The van der Waals surface area contributed by atoms with Crippen LogP contribution in [0.15, 0.2) is 40.5 Å². The van der Waals surface area contributed by atoms with Gasteiger partial charge in [0.25, 0.3) is 0 Å². The molecule has 7 nitrogen and oxygen atoms in total. The average molecular weight is 371 g/mol. The number of fused-ring (bicyclic) bond motifs is 1. The topological polar surface area (TPSA) is 117 Å². The molecular formula is C18H21N5O2S. The van der Waals surface area contributed by atoms with E-state index in [1.54, 1.807) is 18.0 Å². The second-order valence-electron chi connectivity index (χ2n) is 6.70. The molecule has 5 atom stereocenters. The number of thioether (sulfide) groups is 1. The first-order valence-electron chi connectivity index (χ1n) is 8.51. The number of aliphatic imine (C=N–C) groups is 1. The first-order chi connectivity index (χ1) is 12.5. The summed E-state index contributed by atoms with van der Waals surface area (Å²) in [5, 5.41) is 24.4. The van der Waals surface area contributed by atoms with E-state index >= 15 is 0 Å². The molecule has 1 saturated heterocycles. The highest BCUT2D eigenvalue weighted by Crippen LogP contribution is 2.38. The van der Waals surface area contributed by atoms with Crippen LogP contribution in [-0.4, -0.2) is 56.4 Å². The molecule has 136 valence electrons.